The molecule has 0 aromatic carbocycles. The van der Waals surface area contributed by atoms with Gasteiger partial charge in [-0.25, -0.2) is 4.98 Å². The van der Waals surface area contributed by atoms with Crippen molar-refractivity contribution in [2.45, 2.75) is 24.7 Å². The van der Waals surface area contributed by atoms with E-state index in [0.29, 0.717) is 6.04 Å². The zero-order chi connectivity index (χ0) is 12.8. The average Bonchev–Trinajstić information content (AvgIpc) is 2.77. The molecule has 1 aromatic heterocycles. The highest BCUT2D eigenvalue weighted by Crippen LogP contribution is 2.39. The molecule has 4 rings (SSSR count). The van der Waals surface area contributed by atoms with Crippen LogP contribution >= 0.6 is 22.6 Å². The fourth-order valence-electron chi connectivity index (χ4n) is 2.89. The molecule has 6 heteroatoms. The second-order valence-electron chi connectivity index (χ2n) is 5.22. The SMILES string of the molecule is Ic1ccnc2c1OCC1CC(OC3COC3)CN21. The molecule has 0 saturated carbocycles. The number of ether oxygens (including phenoxy) is 3. The van der Waals surface area contributed by atoms with Crippen molar-refractivity contribution >= 4 is 28.4 Å². The van der Waals surface area contributed by atoms with Crippen LogP contribution in [0.2, 0.25) is 0 Å². The lowest BCUT2D eigenvalue weighted by Crippen LogP contribution is -2.40. The summed E-state index contributed by atoms with van der Waals surface area (Å²) in [4.78, 5) is 6.82. The molecule has 0 aliphatic carbocycles. The highest BCUT2D eigenvalue weighted by Gasteiger charge is 2.40. The van der Waals surface area contributed by atoms with E-state index >= 15 is 0 Å². The third-order valence-electron chi connectivity index (χ3n) is 3.90. The molecule has 2 atom stereocenters. The molecule has 0 N–H and O–H groups in total. The molecule has 2 saturated heterocycles. The van der Waals surface area contributed by atoms with Crippen molar-refractivity contribution in [2.75, 3.05) is 31.3 Å². The second-order valence-corrected chi connectivity index (χ2v) is 6.38. The summed E-state index contributed by atoms with van der Waals surface area (Å²) in [6.07, 6.45) is 3.42. The van der Waals surface area contributed by atoms with E-state index in [1.807, 2.05) is 12.3 Å². The van der Waals surface area contributed by atoms with Gasteiger partial charge in [-0.2, -0.15) is 0 Å². The van der Waals surface area contributed by atoms with Gasteiger partial charge in [-0.3, -0.25) is 0 Å². The predicted octanol–water partition coefficient (Wildman–Crippen LogP) is 1.44. The Morgan fingerprint density at radius 1 is 1.32 bits per heavy atom. The molecule has 102 valence electrons. The molecule has 0 amide bonds. The van der Waals surface area contributed by atoms with Crippen molar-refractivity contribution in [3.8, 4) is 5.75 Å². The van der Waals surface area contributed by atoms with E-state index in [4.69, 9.17) is 14.2 Å². The number of hydrogen-bond acceptors (Lipinski definition) is 5. The Morgan fingerprint density at radius 3 is 3.00 bits per heavy atom. The van der Waals surface area contributed by atoms with Crippen LogP contribution < -0.4 is 9.64 Å². The summed E-state index contributed by atoms with van der Waals surface area (Å²) >= 11 is 2.30. The highest BCUT2D eigenvalue weighted by atomic mass is 127. The van der Waals surface area contributed by atoms with Gasteiger partial charge in [-0.15, -0.1) is 0 Å². The van der Waals surface area contributed by atoms with Gasteiger partial charge in [-0.05, 0) is 35.1 Å². The number of rotatable bonds is 2. The van der Waals surface area contributed by atoms with Gasteiger partial charge in [0.15, 0.2) is 11.6 Å². The summed E-state index contributed by atoms with van der Waals surface area (Å²) in [5, 5.41) is 0. The first-order valence-corrected chi connectivity index (χ1v) is 7.66. The van der Waals surface area contributed by atoms with Gasteiger partial charge in [-0.1, -0.05) is 0 Å². The second kappa shape index (κ2) is 4.75. The number of anilines is 1. The van der Waals surface area contributed by atoms with Crippen LogP contribution in [0, 0.1) is 3.57 Å². The lowest BCUT2D eigenvalue weighted by atomic mass is 10.2. The van der Waals surface area contributed by atoms with E-state index in [1.54, 1.807) is 0 Å². The van der Waals surface area contributed by atoms with Gasteiger partial charge in [0.05, 0.1) is 28.9 Å². The standard InChI is InChI=1S/C13H15IN2O3/c14-11-1-2-15-13-12(11)18-5-8-3-9(4-16(8)13)19-10-6-17-7-10/h1-2,8-10H,3-7H2. The van der Waals surface area contributed by atoms with E-state index in [-0.39, 0.29) is 12.2 Å². The maximum atomic E-state index is 6.03. The molecule has 5 nitrogen and oxygen atoms in total. The molecule has 0 bridgehead atoms. The third-order valence-corrected chi connectivity index (χ3v) is 4.75. The minimum absolute atomic E-state index is 0.271. The molecule has 3 aliphatic heterocycles. The average molecular weight is 374 g/mol. The van der Waals surface area contributed by atoms with Crippen LogP contribution in [0.25, 0.3) is 0 Å². The number of fused-ring (bicyclic) bond motifs is 3. The molecule has 1 aromatic rings. The monoisotopic (exact) mass is 374 g/mol. The van der Waals surface area contributed by atoms with Crippen LogP contribution in [0.15, 0.2) is 12.3 Å². The molecule has 19 heavy (non-hydrogen) atoms. The Balaban J connectivity index is 1.54. The van der Waals surface area contributed by atoms with Crippen molar-refractivity contribution in [3.05, 3.63) is 15.8 Å². The Bertz CT molecular complexity index is 495. The first-order valence-electron chi connectivity index (χ1n) is 6.58. The summed E-state index contributed by atoms with van der Waals surface area (Å²) in [6.45, 7) is 3.12. The quantitative estimate of drug-likeness (QED) is 0.734. The lowest BCUT2D eigenvalue weighted by Gasteiger charge is -2.32. The molecule has 2 unspecified atom stereocenters. The summed E-state index contributed by atoms with van der Waals surface area (Å²) in [5.41, 5.74) is 0. The van der Waals surface area contributed by atoms with Gasteiger partial charge in [0, 0.05) is 12.7 Å². The van der Waals surface area contributed by atoms with Gasteiger partial charge >= 0.3 is 0 Å². The Kier molecular flexibility index (Phi) is 3.04. The first kappa shape index (κ1) is 12.2. The largest absolute Gasteiger partial charge is 0.486 e. The van der Waals surface area contributed by atoms with Crippen LogP contribution in [0.5, 0.6) is 5.75 Å². The maximum absolute atomic E-state index is 6.03. The Morgan fingerprint density at radius 2 is 2.21 bits per heavy atom. The zero-order valence-corrected chi connectivity index (χ0v) is 12.6. The Labute approximate surface area is 125 Å². The number of halogens is 1. The lowest BCUT2D eigenvalue weighted by molar-refractivity contribution is -0.150. The van der Waals surface area contributed by atoms with Crippen molar-refractivity contribution in [3.63, 3.8) is 0 Å². The molecule has 2 fully saturated rings. The van der Waals surface area contributed by atoms with Gasteiger partial charge in [0.25, 0.3) is 0 Å². The topological polar surface area (TPSA) is 43.8 Å². The van der Waals surface area contributed by atoms with Crippen LogP contribution in [0.4, 0.5) is 5.82 Å². The molecular weight excluding hydrogens is 359 g/mol. The first-order chi connectivity index (χ1) is 9.31. The van der Waals surface area contributed by atoms with Crippen molar-refractivity contribution in [2.24, 2.45) is 0 Å². The van der Waals surface area contributed by atoms with Gasteiger partial charge in [0.2, 0.25) is 0 Å². The number of nitrogens with zero attached hydrogens (tertiary/aromatic N) is 2. The summed E-state index contributed by atoms with van der Waals surface area (Å²) in [6, 6.07) is 2.37. The van der Waals surface area contributed by atoms with Crippen molar-refractivity contribution in [1.82, 2.24) is 4.98 Å². The van der Waals surface area contributed by atoms with Crippen molar-refractivity contribution in [1.29, 1.82) is 0 Å². The Hall–Kier alpha value is -0.600. The van der Waals surface area contributed by atoms with Crippen molar-refractivity contribution < 1.29 is 14.2 Å². The minimum atomic E-state index is 0.271. The van der Waals surface area contributed by atoms with Gasteiger partial charge < -0.3 is 19.1 Å². The van der Waals surface area contributed by atoms with Crippen LogP contribution in [0.3, 0.4) is 0 Å². The fraction of sp³-hybridized carbons (Fsp3) is 0.615. The molecule has 4 heterocycles. The highest BCUT2D eigenvalue weighted by molar-refractivity contribution is 14.1. The zero-order valence-electron chi connectivity index (χ0n) is 10.4. The summed E-state index contributed by atoms with van der Waals surface area (Å²) < 4.78 is 18.2. The number of aromatic nitrogens is 1. The molecule has 0 radical (unpaired) electrons. The van der Waals surface area contributed by atoms with E-state index in [0.717, 1.165) is 47.9 Å². The van der Waals surface area contributed by atoms with Crippen LogP contribution in [-0.4, -0.2) is 49.6 Å². The van der Waals surface area contributed by atoms with Crippen LogP contribution in [-0.2, 0) is 9.47 Å². The van der Waals surface area contributed by atoms with E-state index in [9.17, 15) is 0 Å². The normalized spacial score (nSPS) is 29.4. The van der Waals surface area contributed by atoms with Gasteiger partial charge in [0.1, 0.15) is 12.7 Å². The van der Waals surface area contributed by atoms with E-state index in [2.05, 4.69) is 32.5 Å². The smallest absolute Gasteiger partial charge is 0.175 e. The molecule has 3 aliphatic rings. The summed E-state index contributed by atoms with van der Waals surface area (Å²) in [5.74, 6) is 1.89. The number of pyridine rings is 1. The van der Waals surface area contributed by atoms with E-state index in [1.165, 1.54) is 0 Å². The molecular formula is C13H15IN2O3. The van der Waals surface area contributed by atoms with Crippen LogP contribution in [0.1, 0.15) is 6.42 Å². The fourth-order valence-corrected chi connectivity index (χ4v) is 3.44. The van der Waals surface area contributed by atoms with E-state index < -0.39 is 0 Å². The maximum Gasteiger partial charge on any atom is 0.175 e. The minimum Gasteiger partial charge on any atom is -0.486 e. The molecule has 0 spiro atoms. The summed E-state index contributed by atoms with van der Waals surface area (Å²) in [7, 11) is 0. The number of hydrogen-bond donors (Lipinski definition) is 0. The third kappa shape index (κ3) is 2.09. The predicted molar refractivity (Wildman–Crippen MR) is 77.7 cm³/mol.